The molecule has 1 saturated heterocycles. The number of hydrogen-bond acceptors (Lipinski definition) is 7. The number of carbonyl (C=O) groups excluding carboxylic acids is 2. The average molecular weight is 620 g/mol. The van der Waals surface area contributed by atoms with E-state index in [9.17, 15) is 22.4 Å². The van der Waals surface area contributed by atoms with Crippen LogP contribution in [0.1, 0.15) is 48.0 Å². The fourth-order valence-corrected chi connectivity index (χ4v) is 6.27. The topological polar surface area (TPSA) is 126 Å². The van der Waals surface area contributed by atoms with Crippen molar-refractivity contribution < 1.29 is 22.4 Å². The molecule has 0 aliphatic carbocycles. The zero-order valence-electron chi connectivity index (χ0n) is 21.8. The minimum Gasteiger partial charge on any atom is -0.338 e. The van der Waals surface area contributed by atoms with E-state index in [1.165, 1.54) is 35.8 Å². The molecule has 0 atom stereocenters. The third-order valence-corrected chi connectivity index (χ3v) is 8.80. The molecule has 1 aliphatic rings. The standard InChI is InChI=1S/C27H25Cl2FN6O4S/c1-2-24(37)34-41(39,40)23-15-32-36-25(33-22-8-5-18(28)13-21(22)29)20(14-31-26(23)36)27(38)35-11-9-17(10-12-35)16-3-6-19(30)7-4-16/h3-8,13-15,17,33H,2,9-12H2,1H3,(H,34,37). The summed E-state index contributed by atoms with van der Waals surface area (Å²) in [4.78, 5) is 31.2. The van der Waals surface area contributed by atoms with Crippen molar-refractivity contribution in [3.63, 3.8) is 0 Å². The number of aromatic nitrogens is 3. The van der Waals surface area contributed by atoms with E-state index in [1.807, 2.05) is 4.72 Å². The van der Waals surface area contributed by atoms with Crippen LogP contribution in [0.3, 0.4) is 0 Å². The van der Waals surface area contributed by atoms with Gasteiger partial charge in [-0.15, -0.1) is 0 Å². The van der Waals surface area contributed by atoms with E-state index in [4.69, 9.17) is 23.2 Å². The van der Waals surface area contributed by atoms with Crippen LogP contribution < -0.4 is 10.0 Å². The van der Waals surface area contributed by atoms with Crippen molar-refractivity contribution in [2.75, 3.05) is 18.4 Å². The van der Waals surface area contributed by atoms with Gasteiger partial charge in [-0.3, -0.25) is 9.59 Å². The first-order chi connectivity index (χ1) is 19.6. The zero-order chi connectivity index (χ0) is 29.3. The van der Waals surface area contributed by atoms with E-state index >= 15 is 0 Å². The highest BCUT2D eigenvalue weighted by Crippen LogP contribution is 2.33. The lowest BCUT2D eigenvalue weighted by atomic mass is 9.89. The van der Waals surface area contributed by atoms with Gasteiger partial charge in [-0.2, -0.15) is 9.61 Å². The van der Waals surface area contributed by atoms with Gasteiger partial charge in [0.05, 0.1) is 16.9 Å². The highest BCUT2D eigenvalue weighted by Gasteiger charge is 2.30. The second-order valence-electron chi connectivity index (χ2n) is 9.51. The molecule has 214 valence electrons. The number of piperidine rings is 1. The molecule has 2 aromatic heterocycles. The van der Waals surface area contributed by atoms with E-state index < -0.39 is 15.9 Å². The molecule has 1 fully saturated rings. The maximum Gasteiger partial charge on any atom is 0.269 e. The Kier molecular flexibility index (Phi) is 8.16. The quantitative estimate of drug-likeness (QED) is 0.293. The molecule has 0 spiro atoms. The van der Waals surface area contributed by atoms with Gasteiger partial charge in [0, 0.05) is 30.7 Å². The Balaban J connectivity index is 1.50. The largest absolute Gasteiger partial charge is 0.338 e. The van der Waals surface area contributed by atoms with Crippen molar-refractivity contribution in [3.05, 3.63) is 81.8 Å². The molecule has 2 amide bonds. The van der Waals surface area contributed by atoms with Gasteiger partial charge in [0.2, 0.25) is 5.91 Å². The molecule has 4 aromatic rings. The summed E-state index contributed by atoms with van der Waals surface area (Å²) in [6.07, 6.45) is 3.66. The fourth-order valence-electron chi connectivity index (χ4n) is 4.69. The third-order valence-electron chi connectivity index (χ3n) is 6.89. The van der Waals surface area contributed by atoms with Gasteiger partial charge < -0.3 is 10.2 Å². The number of carbonyl (C=O) groups is 2. The Bertz CT molecular complexity index is 1740. The molecular formula is C27H25Cl2FN6O4S. The number of rotatable bonds is 7. The summed E-state index contributed by atoms with van der Waals surface area (Å²) < 4.78 is 42.3. The second-order valence-corrected chi connectivity index (χ2v) is 12.0. The Morgan fingerprint density at radius 2 is 1.78 bits per heavy atom. The number of likely N-dealkylation sites (tertiary alicyclic amines) is 1. The monoisotopic (exact) mass is 618 g/mol. The van der Waals surface area contributed by atoms with Crippen molar-refractivity contribution in [1.82, 2.24) is 24.2 Å². The van der Waals surface area contributed by atoms with Gasteiger partial charge in [0.1, 0.15) is 17.2 Å². The maximum absolute atomic E-state index is 13.8. The number of nitrogens with zero attached hydrogens (tertiary/aromatic N) is 4. The summed E-state index contributed by atoms with van der Waals surface area (Å²) in [5.74, 6) is -1.02. The molecule has 5 rings (SSSR count). The molecule has 2 N–H and O–H groups in total. The van der Waals surface area contributed by atoms with Crippen LogP contribution >= 0.6 is 23.2 Å². The van der Waals surface area contributed by atoms with Crippen molar-refractivity contribution in [2.45, 2.75) is 37.0 Å². The smallest absolute Gasteiger partial charge is 0.269 e. The number of halogens is 3. The Labute approximate surface area is 245 Å². The summed E-state index contributed by atoms with van der Waals surface area (Å²) in [5.41, 5.74) is 1.45. The van der Waals surface area contributed by atoms with E-state index in [1.54, 1.807) is 29.2 Å². The Morgan fingerprint density at radius 3 is 2.44 bits per heavy atom. The lowest BCUT2D eigenvalue weighted by Gasteiger charge is -2.32. The van der Waals surface area contributed by atoms with Gasteiger partial charge in [-0.1, -0.05) is 42.3 Å². The van der Waals surface area contributed by atoms with Gasteiger partial charge in [0.15, 0.2) is 10.5 Å². The molecule has 2 aromatic carbocycles. The van der Waals surface area contributed by atoms with Crippen molar-refractivity contribution in [3.8, 4) is 0 Å². The number of benzene rings is 2. The molecular weight excluding hydrogens is 594 g/mol. The lowest BCUT2D eigenvalue weighted by molar-refractivity contribution is -0.119. The van der Waals surface area contributed by atoms with E-state index in [0.717, 1.165) is 11.8 Å². The van der Waals surface area contributed by atoms with Crippen LogP contribution in [0.5, 0.6) is 0 Å². The van der Waals surface area contributed by atoms with Gasteiger partial charge in [-0.05, 0) is 54.7 Å². The van der Waals surface area contributed by atoms with Crippen LogP contribution in [0.2, 0.25) is 10.0 Å². The predicted octanol–water partition coefficient (Wildman–Crippen LogP) is 5.15. The maximum atomic E-state index is 13.8. The van der Waals surface area contributed by atoms with Crippen molar-refractivity contribution in [2.24, 2.45) is 0 Å². The molecule has 0 radical (unpaired) electrons. The first-order valence-electron chi connectivity index (χ1n) is 12.8. The summed E-state index contributed by atoms with van der Waals surface area (Å²) in [6, 6.07) is 11.1. The van der Waals surface area contributed by atoms with Crippen LogP contribution in [0.25, 0.3) is 5.65 Å². The first kappa shape index (κ1) is 28.8. The third kappa shape index (κ3) is 5.99. The second kappa shape index (κ2) is 11.6. The van der Waals surface area contributed by atoms with Gasteiger partial charge in [-0.25, -0.2) is 22.5 Å². The first-order valence-corrected chi connectivity index (χ1v) is 15.0. The van der Waals surface area contributed by atoms with E-state index in [-0.39, 0.29) is 51.0 Å². The highest BCUT2D eigenvalue weighted by molar-refractivity contribution is 7.90. The normalized spacial score (nSPS) is 14.3. The molecule has 0 bridgehead atoms. The molecule has 41 heavy (non-hydrogen) atoms. The number of hydrogen-bond donors (Lipinski definition) is 2. The summed E-state index contributed by atoms with van der Waals surface area (Å²) >= 11 is 12.4. The summed E-state index contributed by atoms with van der Waals surface area (Å²) in [7, 11) is -4.28. The molecule has 14 heteroatoms. The highest BCUT2D eigenvalue weighted by atomic mass is 35.5. The molecule has 1 aliphatic heterocycles. The Hall–Kier alpha value is -3.74. The fraction of sp³-hybridized carbons (Fsp3) is 0.259. The van der Waals surface area contributed by atoms with E-state index in [2.05, 4.69) is 15.4 Å². The molecule has 0 unspecified atom stereocenters. The van der Waals surface area contributed by atoms with E-state index in [0.29, 0.717) is 36.6 Å². The number of nitrogens with one attached hydrogen (secondary N) is 2. The van der Waals surface area contributed by atoms with Crippen molar-refractivity contribution in [1.29, 1.82) is 0 Å². The number of amides is 2. The number of anilines is 2. The van der Waals surface area contributed by atoms with Crippen molar-refractivity contribution >= 4 is 62.2 Å². The Morgan fingerprint density at radius 1 is 1.07 bits per heavy atom. The predicted molar refractivity (Wildman–Crippen MR) is 153 cm³/mol. The van der Waals surface area contributed by atoms with Crippen LogP contribution in [0, 0.1) is 5.82 Å². The number of fused-ring (bicyclic) bond motifs is 1. The number of sulfonamides is 1. The summed E-state index contributed by atoms with van der Waals surface area (Å²) in [5, 5.41) is 7.95. The SMILES string of the molecule is CCC(=O)NS(=O)(=O)c1cnn2c(Nc3ccc(Cl)cc3Cl)c(C(=O)N3CCC(c4ccc(F)cc4)CC3)cnc12. The van der Waals surface area contributed by atoms with Gasteiger partial charge >= 0.3 is 0 Å². The van der Waals surface area contributed by atoms with Crippen LogP contribution in [-0.4, -0.2) is 52.8 Å². The zero-order valence-corrected chi connectivity index (χ0v) is 24.1. The minimum atomic E-state index is -4.28. The lowest BCUT2D eigenvalue weighted by Crippen LogP contribution is -2.38. The minimum absolute atomic E-state index is 0.0375. The molecule has 3 heterocycles. The van der Waals surface area contributed by atoms with Gasteiger partial charge in [0.25, 0.3) is 15.9 Å². The van der Waals surface area contributed by atoms with Crippen LogP contribution in [-0.2, 0) is 14.8 Å². The molecule has 10 nitrogen and oxygen atoms in total. The van der Waals surface area contributed by atoms with Crippen LogP contribution in [0.15, 0.2) is 59.8 Å². The summed E-state index contributed by atoms with van der Waals surface area (Å²) in [6.45, 7) is 2.42. The van der Waals surface area contributed by atoms with Crippen LogP contribution in [0.4, 0.5) is 15.9 Å². The molecule has 0 saturated carbocycles. The average Bonchev–Trinajstić information content (AvgIpc) is 3.40.